The smallest absolute Gasteiger partial charge is 0.330 e. The molecule has 0 saturated heterocycles. The second kappa shape index (κ2) is 11.0. The van der Waals surface area contributed by atoms with E-state index >= 15 is 0 Å². The minimum absolute atomic E-state index is 0.391. The highest BCUT2D eigenvalue weighted by atomic mass is 35.5. The number of aliphatic carboxylic acids is 1. The molecule has 0 aliphatic carbocycles. The first-order chi connectivity index (χ1) is 11.9. The van der Waals surface area contributed by atoms with Gasteiger partial charge in [-0.05, 0) is 35.4 Å². The predicted octanol–water partition coefficient (Wildman–Crippen LogP) is 3.75. The summed E-state index contributed by atoms with van der Waals surface area (Å²) in [5.74, 6) is -1.38. The van der Waals surface area contributed by atoms with E-state index in [2.05, 4.69) is 14.7 Å². The van der Waals surface area contributed by atoms with Gasteiger partial charge in [0.15, 0.2) is 0 Å². The van der Waals surface area contributed by atoms with Gasteiger partial charge in [0.05, 0.1) is 7.11 Å². The zero-order chi connectivity index (χ0) is 18.7. The fourth-order valence-corrected chi connectivity index (χ4v) is 1.60. The summed E-state index contributed by atoms with van der Waals surface area (Å²) >= 11 is 11.1. The maximum atomic E-state index is 10.7. The van der Waals surface area contributed by atoms with Gasteiger partial charge in [-0.2, -0.15) is 0 Å². The molecule has 0 spiro atoms. The first-order valence-electron chi connectivity index (χ1n) is 6.81. The molecule has 2 heterocycles. The van der Waals surface area contributed by atoms with Crippen LogP contribution in [0.4, 0.5) is 0 Å². The number of rotatable bonds is 4. The lowest BCUT2D eigenvalue weighted by molar-refractivity contribution is -0.135. The van der Waals surface area contributed by atoms with Crippen molar-refractivity contribution in [3.8, 4) is 0 Å². The predicted molar refractivity (Wildman–Crippen MR) is 96.2 cm³/mol. The summed E-state index contributed by atoms with van der Waals surface area (Å²) in [6.07, 6.45) is 8.50. The van der Waals surface area contributed by atoms with Crippen LogP contribution in [0.25, 0.3) is 12.2 Å². The number of ether oxygens (including phenoxy) is 1. The van der Waals surface area contributed by atoms with Gasteiger partial charge < -0.3 is 9.84 Å². The van der Waals surface area contributed by atoms with E-state index in [1.165, 1.54) is 25.5 Å². The molecule has 0 saturated carbocycles. The molecular formula is C17H14Cl2N2O4. The largest absolute Gasteiger partial charge is 0.478 e. The average Bonchev–Trinajstić information content (AvgIpc) is 2.61. The number of methoxy groups -OCH3 is 1. The standard InChI is InChI=1S/C9H8ClNO2.C8H6ClNO2/c1-13-9(12)5-3-7-2-4-8(10)11-6-7;9-7-3-1-6(5-10-7)2-4-8(11)12/h2-6H,1H3;1-5H,(H,11,12). The van der Waals surface area contributed by atoms with Gasteiger partial charge in [-0.3, -0.25) is 0 Å². The Morgan fingerprint density at radius 1 is 0.960 bits per heavy atom. The third-order valence-corrected chi connectivity index (χ3v) is 2.98. The molecule has 0 unspecified atom stereocenters. The van der Waals surface area contributed by atoms with Gasteiger partial charge in [-0.15, -0.1) is 0 Å². The summed E-state index contributed by atoms with van der Waals surface area (Å²) in [4.78, 5) is 28.4. The highest BCUT2D eigenvalue weighted by molar-refractivity contribution is 6.29. The number of hydrogen-bond acceptors (Lipinski definition) is 5. The Kier molecular flexibility index (Phi) is 8.92. The molecule has 0 aliphatic rings. The zero-order valence-corrected chi connectivity index (χ0v) is 14.6. The molecule has 0 atom stereocenters. The highest BCUT2D eigenvalue weighted by Gasteiger charge is 1.92. The number of hydrogen-bond donors (Lipinski definition) is 1. The lowest BCUT2D eigenvalue weighted by Gasteiger charge is -1.92. The lowest BCUT2D eigenvalue weighted by atomic mass is 10.2. The monoisotopic (exact) mass is 380 g/mol. The van der Waals surface area contributed by atoms with Crippen molar-refractivity contribution in [2.75, 3.05) is 7.11 Å². The van der Waals surface area contributed by atoms with E-state index in [0.717, 1.165) is 11.6 Å². The Morgan fingerprint density at radius 2 is 1.44 bits per heavy atom. The van der Waals surface area contributed by atoms with Crippen LogP contribution in [0.15, 0.2) is 48.8 Å². The van der Waals surface area contributed by atoms with Gasteiger partial charge in [-0.1, -0.05) is 35.3 Å². The van der Waals surface area contributed by atoms with Crippen molar-refractivity contribution in [2.24, 2.45) is 0 Å². The van der Waals surface area contributed by atoms with E-state index in [1.54, 1.807) is 36.5 Å². The summed E-state index contributed by atoms with van der Waals surface area (Å²) in [6, 6.07) is 6.70. The van der Waals surface area contributed by atoms with Crippen molar-refractivity contribution >= 4 is 47.3 Å². The maximum absolute atomic E-state index is 10.7. The fraction of sp³-hybridized carbons (Fsp3) is 0.0588. The van der Waals surface area contributed by atoms with Crippen LogP contribution in [-0.4, -0.2) is 34.1 Å². The van der Waals surface area contributed by atoms with E-state index in [1.807, 2.05) is 0 Å². The molecule has 0 fully saturated rings. The zero-order valence-electron chi connectivity index (χ0n) is 13.1. The van der Waals surface area contributed by atoms with Crippen molar-refractivity contribution in [3.05, 3.63) is 70.2 Å². The molecule has 6 nitrogen and oxygen atoms in total. The van der Waals surface area contributed by atoms with E-state index in [-0.39, 0.29) is 0 Å². The van der Waals surface area contributed by atoms with Crippen LogP contribution < -0.4 is 0 Å². The number of pyridine rings is 2. The molecule has 0 aromatic carbocycles. The second-order valence-corrected chi connectivity index (χ2v) is 5.13. The van der Waals surface area contributed by atoms with Crippen LogP contribution >= 0.6 is 23.2 Å². The van der Waals surface area contributed by atoms with Gasteiger partial charge in [0, 0.05) is 24.5 Å². The number of esters is 1. The second-order valence-electron chi connectivity index (χ2n) is 4.36. The van der Waals surface area contributed by atoms with Crippen LogP contribution in [0.5, 0.6) is 0 Å². The van der Waals surface area contributed by atoms with E-state index in [0.29, 0.717) is 15.9 Å². The van der Waals surface area contributed by atoms with Gasteiger partial charge in [-0.25, -0.2) is 19.6 Å². The van der Waals surface area contributed by atoms with Crippen LogP contribution in [0.2, 0.25) is 10.3 Å². The van der Waals surface area contributed by atoms with Gasteiger partial charge in [0.1, 0.15) is 10.3 Å². The van der Waals surface area contributed by atoms with Gasteiger partial charge in [0.2, 0.25) is 0 Å². The van der Waals surface area contributed by atoms with Crippen molar-refractivity contribution < 1.29 is 19.4 Å². The fourth-order valence-electron chi connectivity index (χ4n) is 1.37. The molecular weight excluding hydrogens is 367 g/mol. The Balaban J connectivity index is 0.000000251. The highest BCUT2D eigenvalue weighted by Crippen LogP contribution is 2.07. The number of halogens is 2. The first-order valence-corrected chi connectivity index (χ1v) is 7.56. The molecule has 2 aromatic rings. The number of carboxylic acid groups (broad SMARTS) is 1. The molecule has 0 radical (unpaired) electrons. The van der Waals surface area contributed by atoms with Crippen LogP contribution in [0.1, 0.15) is 11.1 Å². The number of nitrogens with zero attached hydrogens (tertiary/aromatic N) is 2. The summed E-state index contributed by atoms with van der Waals surface area (Å²) in [5, 5.41) is 9.11. The summed E-state index contributed by atoms with van der Waals surface area (Å²) < 4.78 is 4.42. The average molecular weight is 381 g/mol. The number of aromatic nitrogens is 2. The van der Waals surface area contributed by atoms with E-state index in [4.69, 9.17) is 28.3 Å². The topological polar surface area (TPSA) is 89.4 Å². The minimum atomic E-state index is -0.982. The SMILES string of the molecule is COC(=O)C=Cc1ccc(Cl)nc1.O=C(O)C=Cc1ccc(Cl)nc1. The van der Waals surface area contributed by atoms with Crippen LogP contribution in [0, 0.1) is 0 Å². The molecule has 2 aromatic heterocycles. The summed E-state index contributed by atoms with van der Waals surface area (Å²) in [5.41, 5.74) is 1.51. The molecule has 130 valence electrons. The van der Waals surface area contributed by atoms with Crippen molar-refractivity contribution in [2.45, 2.75) is 0 Å². The Labute approximate surface area is 154 Å². The molecule has 0 amide bonds. The molecule has 1 N–H and O–H groups in total. The summed E-state index contributed by atoms with van der Waals surface area (Å²) in [7, 11) is 1.33. The third-order valence-electron chi connectivity index (χ3n) is 2.53. The number of carbonyl (C=O) groups is 2. The van der Waals surface area contributed by atoms with E-state index < -0.39 is 11.9 Å². The molecule has 8 heteroatoms. The van der Waals surface area contributed by atoms with Crippen molar-refractivity contribution in [1.29, 1.82) is 0 Å². The molecule has 0 bridgehead atoms. The Morgan fingerprint density at radius 3 is 1.80 bits per heavy atom. The normalized spacial score (nSPS) is 10.4. The summed E-state index contributed by atoms with van der Waals surface area (Å²) in [6.45, 7) is 0. The maximum Gasteiger partial charge on any atom is 0.330 e. The quantitative estimate of drug-likeness (QED) is 0.493. The first kappa shape index (κ1) is 20.3. The van der Waals surface area contributed by atoms with Crippen LogP contribution in [0.3, 0.4) is 0 Å². The molecule has 0 aliphatic heterocycles. The molecule has 2 rings (SSSR count). The van der Waals surface area contributed by atoms with Gasteiger partial charge in [0.25, 0.3) is 0 Å². The Bertz CT molecular complexity index is 757. The van der Waals surface area contributed by atoms with E-state index in [9.17, 15) is 9.59 Å². The lowest BCUT2D eigenvalue weighted by Crippen LogP contribution is -1.93. The number of carbonyl (C=O) groups excluding carboxylic acids is 1. The van der Waals surface area contributed by atoms with Crippen molar-refractivity contribution in [3.63, 3.8) is 0 Å². The minimum Gasteiger partial charge on any atom is -0.478 e. The third kappa shape index (κ3) is 9.24. The number of carboxylic acids is 1. The molecule has 25 heavy (non-hydrogen) atoms. The Hall–Kier alpha value is -2.70. The van der Waals surface area contributed by atoms with Gasteiger partial charge >= 0.3 is 11.9 Å². The van der Waals surface area contributed by atoms with Crippen molar-refractivity contribution in [1.82, 2.24) is 9.97 Å². The van der Waals surface area contributed by atoms with Crippen LogP contribution in [-0.2, 0) is 14.3 Å².